The lowest BCUT2D eigenvalue weighted by Crippen LogP contribution is -2.58. The highest BCUT2D eigenvalue weighted by Gasteiger charge is 2.30. The minimum Gasteiger partial charge on any atom is -0.0955 e. The summed E-state index contributed by atoms with van der Waals surface area (Å²) in [5.74, 6) is 0. The summed E-state index contributed by atoms with van der Waals surface area (Å²) in [7, 11) is -2.62. The molecule has 0 N–H and O–H groups in total. The quantitative estimate of drug-likeness (QED) is 0.722. The van der Waals surface area contributed by atoms with Crippen LogP contribution in [0.15, 0.2) is 18.7 Å². The molecular formula is C17H30Si2. The third kappa shape index (κ3) is 3.48. The van der Waals surface area contributed by atoms with Crippen molar-refractivity contribution >= 4 is 32.1 Å². The molecule has 0 heterocycles. The molecule has 2 heteroatoms. The number of hydrogen-bond donors (Lipinski definition) is 0. The lowest BCUT2D eigenvalue weighted by molar-refractivity contribution is 1.14. The zero-order chi connectivity index (χ0) is 15.0. The van der Waals surface area contributed by atoms with Crippen LogP contribution in [0.25, 0.3) is 5.57 Å². The number of hydrogen-bond acceptors (Lipinski definition) is 0. The second-order valence-corrected chi connectivity index (χ2v) is 17.7. The van der Waals surface area contributed by atoms with Gasteiger partial charge in [0.2, 0.25) is 0 Å². The van der Waals surface area contributed by atoms with Gasteiger partial charge in [-0.2, -0.15) is 0 Å². The third-order valence-corrected chi connectivity index (χ3v) is 8.04. The second-order valence-electron chi connectivity index (χ2n) is 7.65. The zero-order valence-electron chi connectivity index (χ0n) is 14.1. The summed E-state index contributed by atoms with van der Waals surface area (Å²) < 4.78 is 0. The van der Waals surface area contributed by atoms with Crippen LogP contribution in [0.2, 0.25) is 39.3 Å². The van der Waals surface area contributed by atoms with Crippen LogP contribution in [0.4, 0.5) is 0 Å². The van der Waals surface area contributed by atoms with Gasteiger partial charge < -0.3 is 0 Å². The molecule has 0 amide bonds. The van der Waals surface area contributed by atoms with E-state index >= 15 is 0 Å². The third-order valence-electron chi connectivity index (χ3n) is 3.68. The van der Waals surface area contributed by atoms with Gasteiger partial charge >= 0.3 is 0 Å². The van der Waals surface area contributed by atoms with E-state index in [-0.39, 0.29) is 0 Å². The molecule has 0 bridgehead atoms. The Bertz CT molecular complexity index is 485. The van der Waals surface area contributed by atoms with Gasteiger partial charge in [0.15, 0.2) is 0 Å². The summed E-state index contributed by atoms with van der Waals surface area (Å²) in [5.41, 5.74) is 4.17. The van der Waals surface area contributed by atoms with E-state index in [0.29, 0.717) is 0 Å². The smallest absolute Gasteiger partial charge is 0.0778 e. The number of allylic oxidation sites excluding steroid dienone is 1. The highest BCUT2D eigenvalue weighted by molar-refractivity contribution is 6.98. The van der Waals surface area contributed by atoms with Gasteiger partial charge in [-0.05, 0) is 24.5 Å². The van der Waals surface area contributed by atoms with Crippen molar-refractivity contribution < 1.29 is 0 Å². The standard InChI is InChI=1S/C17H30Si2/c1-10-14-15(13(2)3)11-12-16(18(4,5)6)17(14)19(7,8)9/h11-12H,2,10H2,1,3-9H3. The molecule has 0 aliphatic rings. The highest BCUT2D eigenvalue weighted by atomic mass is 28.3. The second kappa shape index (κ2) is 5.41. The van der Waals surface area contributed by atoms with Gasteiger partial charge in [0.25, 0.3) is 0 Å². The predicted molar refractivity (Wildman–Crippen MR) is 96.5 cm³/mol. The van der Waals surface area contributed by atoms with Crippen LogP contribution in [0.5, 0.6) is 0 Å². The predicted octanol–water partition coefficient (Wildman–Crippen LogP) is 4.37. The van der Waals surface area contributed by atoms with Crippen molar-refractivity contribution in [2.75, 3.05) is 0 Å². The SMILES string of the molecule is C=C(C)c1ccc([Si](C)(C)C)c([Si](C)(C)C)c1CC. The van der Waals surface area contributed by atoms with Crippen molar-refractivity contribution in [2.24, 2.45) is 0 Å². The van der Waals surface area contributed by atoms with Gasteiger partial charge in [0.05, 0.1) is 16.1 Å². The van der Waals surface area contributed by atoms with Crippen LogP contribution >= 0.6 is 0 Å². The van der Waals surface area contributed by atoms with Crippen LogP contribution in [-0.4, -0.2) is 16.1 Å². The van der Waals surface area contributed by atoms with Crippen molar-refractivity contribution in [1.82, 2.24) is 0 Å². The fourth-order valence-electron chi connectivity index (χ4n) is 2.90. The molecule has 1 aromatic carbocycles. The van der Waals surface area contributed by atoms with Gasteiger partial charge in [-0.3, -0.25) is 0 Å². The summed E-state index contributed by atoms with van der Waals surface area (Å²) in [6, 6.07) is 4.72. The molecule has 0 saturated carbocycles. The summed E-state index contributed by atoms with van der Waals surface area (Å²) in [5, 5.41) is 3.39. The Hall–Kier alpha value is -0.606. The highest BCUT2D eigenvalue weighted by Crippen LogP contribution is 2.20. The molecule has 106 valence electrons. The minimum absolute atomic E-state index is 1.13. The van der Waals surface area contributed by atoms with E-state index in [1.807, 2.05) is 0 Å². The molecule has 0 atom stereocenters. The first kappa shape index (κ1) is 16.4. The van der Waals surface area contributed by atoms with Crippen LogP contribution in [-0.2, 0) is 6.42 Å². The maximum Gasteiger partial charge on any atom is 0.0778 e. The maximum atomic E-state index is 4.18. The van der Waals surface area contributed by atoms with E-state index in [1.165, 1.54) is 11.1 Å². The lowest BCUT2D eigenvalue weighted by atomic mass is 10.00. The molecule has 0 aliphatic heterocycles. The Balaban J connectivity index is 3.76. The molecule has 0 radical (unpaired) electrons. The molecule has 1 aromatic rings. The molecule has 0 fully saturated rings. The largest absolute Gasteiger partial charge is 0.0955 e. The Morgan fingerprint density at radius 3 is 1.84 bits per heavy atom. The van der Waals surface area contributed by atoms with E-state index in [1.54, 1.807) is 15.9 Å². The fraction of sp³-hybridized carbons (Fsp3) is 0.529. The molecule has 19 heavy (non-hydrogen) atoms. The minimum atomic E-state index is -1.34. The Morgan fingerprint density at radius 2 is 1.53 bits per heavy atom. The Kier molecular flexibility index (Phi) is 4.68. The van der Waals surface area contributed by atoms with Crippen LogP contribution < -0.4 is 10.4 Å². The van der Waals surface area contributed by atoms with Crippen molar-refractivity contribution in [3.63, 3.8) is 0 Å². The zero-order valence-corrected chi connectivity index (χ0v) is 16.1. The molecule has 0 aliphatic carbocycles. The van der Waals surface area contributed by atoms with E-state index in [4.69, 9.17) is 0 Å². The van der Waals surface area contributed by atoms with Gasteiger partial charge in [0.1, 0.15) is 0 Å². The summed E-state index contributed by atoms with van der Waals surface area (Å²) in [4.78, 5) is 0. The van der Waals surface area contributed by atoms with Crippen molar-refractivity contribution in [2.45, 2.75) is 59.6 Å². The molecule has 1 rings (SSSR count). The van der Waals surface area contributed by atoms with E-state index in [9.17, 15) is 0 Å². The lowest BCUT2D eigenvalue weighted by Gasteiger charge is -2.32. The van der Waals surface area contributed by atoms with Crippen LogP contribution in [0.1, 0.15) is 25.0 Å². The first-order chi connectivity index (χ1) is 8.50. The van der Waals surface area contributed by atoms with Gasteiger partial charge in [-0.1, -0.05) is 80.9 Å². The first-order valence-corrected chi connectivity index (χ1v) is 14.3. The number of rotatable bonds is 4. The Morgan fingerprint density at radius 1 is 1.00 bits per heavy atom. The Labute approximate surface area is 122 Å². The summed E-state index contributed by atoms with van der Waals surface area (Å²) in [6.07, 6.45) is 1.13. The molecule has 0 nitrogen and oxygen atoms in total. The van der Waals surface area contributed by atoms with Gasteiger partial charge in [-0.15, -0.1) is 0 Å². The molecule has 0 unspecified atom stereocenters. The first-order valence-electron chi connectivity index (χ1n) is 7.32. The average molecular weight is 291 g/mol. The van der Waals surface area contributed by atoms with Crippen molar-refractivity contribution in [3.8, 4) is 0 Å². The fourth-order valence-corrected chi connectivity index (χ4v) is 8.74. The molecule has 0 spiro atoms. The van der Waals surface area contributed by atoms with Crippen LogP contribution in [0, 0.1) is 0 Å². The summed E-state index contributed by atoms with van der Waals surface area (Å²) in [6.45, 7) is 23.4. The van der Waals surface area contributed by atoms with Crippen molar-refractivity contribution in [3.05, 3.63) is 29.8 Å². The molecule has 0 aromatic heterocycles. The van der Waals surface area contributed by atoms with Crippen molar-refractivity contribution in [1.29, 1.82) is 0 Å². The van der Waals surface area contributed by atoms with E-state index < -0.39 is 16.1 Å². The monoisotopic (exact) mass is 290 g/mol. The van der Waals surface area contributed by atoms with Crippen LogP contribution in [0.3, 0.4) is 0 Å². The summed E-state index contributed by atoms with van der Waals surface area (Å²) >= 11 is 0. The van der Waals surface area contributed by atoms with Gasteiger partial charge in [-0.25, -0.2) is 0 Å². The normalized spacial score (nSPS) is 12.6. The van der Waals surface area contributed by atoms with E-state index in [2.05, 4.69) is 71.8 Å². The topological polar surface area (TPSA) is 0 Å². The number of benzene rings is 1. The molecule has 0 saturated heterocycles. The van der Waals surface area contributed by atoms with E-state index in [0.717, 1.165) is 6.42 Å². The van der Waals surface area contributed by atoms with Gasteiger partial charge in [0, 0.05) is 0 Å². The maximum absolute atomic E-state index is 4.18. The average Bonchev–Trinajstić information content (AvgIpc) is 2.24. The molecular weight excluding hydrogens is 260 g/mol.